The van der Waals surface area contributed by atoms with E-state index in [0.29, 0.717) is 16.4 Å². The summed E-state index contributed by atoms with van der Waals surface area (Å²) < 4.78 is 24.0. The van der Waals surface area contributed by atoms with Gasteiger partial charge in [0.1, 0.15) is 5.75 Å². The first-order valence-corrected chi connectivity index (χ1v) is 8.29. The number of nitrogens with one attached hydrogen (secondary N) is 1. The number of hydrogen-bond acceptors (Lipinski definition) is 4. The normalized spacial score (nSPS) is 13.2. The van der Waals surface area contributed by atoms with Gasteiger partial charge in [0.2, 0.25) is 5.91 Å². The van der Waals surface area contributed by atoms with E-state index in [4.69, 9.17) is 17.3 Å². The smallest absolute Gasteiger partial charge is 0.239 e. The van der Waals surface area contributed by atoms with Crippen LogP contribution in [0.1, 0.15) is 20.8 Å². The van der Waals surface area contributed by atoms with Gasteiger partial charge in [0.25, 0.3) is 0 Å². The number of hydrogen-bond donors (Lipinski definition) is 2. The number of nitrogens with two attached hydrogens (primary N) is 1. The third-order valence-corrected chi connectivity index (χ3v) is 5.77. The van der Waals surface area contributed by atoms with E-state index in [-0.39, 0.29) is 5.92 Å². The first-order chi connectivity index (χ1) is 9.13. The second-order valence-corrected chi connectivity index (χ2v) is 7.81. The molecule has 0 heterocycles. The maximum Gasteiger partial charge on any atom is 0.239 e. The van der Waals surface area contributed by atoms with Crippen LogP contribution < -0.4 is 11.1 Å². The second kappa shape index (κ2) is 6.45. The SMILES string of the molecule is CC(C)C(C)S(=O)(=O)CC(=O)Nc1cc(N)ccc1Cl. The van der Waals surface area contributed by atoms with Crippen molar-refractivity contribution in [3.63, 3.8) is 0 Å². The summed E-state index contributed by atoms with van der Waals surface area (Å²) in [7, 11) is -3.49. The number of carbonyl (C=O) groups excluding carboxylic acids is 1. The van der Waals surface area contributed by atoms with Crippen molar-refractivity contribution in [1.82, 2.24) is 0 Å². The molecular weight excluding hydrogens is 300 g/mol. The predicted octanol–water partition coefficient (Wildman–Crippen LogP) is 2.32. The molecule has 1 aromatic rings. The van der Waals surface area contributed by atoms with Crippen LogP contribution in [-0.2, 0) is 14.6 Å². The second-order valence-electron chi connectivity index (χ2n) is 5.04. The van der Waals surface area contributed by atoms with Gasteiger partial charge in [-0.15, -0.1) is 0 Å². The molecule has 0 aliphatic heterocycles. The van der Waals surface area contributed by atoms with Gasteiger partial charge in [-0.1, -0.05) is 25.4 Å². The van der Waals surface area contributed by atoms with Crippen molar-refractivity contribution < 1.29 is 13.2 Å². The van der Waals surface area contributed by atoms with Crippen molar-refractivity contribution in [3.8, 4) is 0 Å². The first kappa shape index (κ1) is 16.8. The molecule has 0 spiro atoms. The minimum atomic E-state index is -3.49. The summed E-state index contributed by atoms with van der Waals surface area (Å²) >= 11 is 5.90. The van der Waals surface area contributed by atoms with E-state index in [1.165, 1.54) is 12.1 Å². The molecule has 3 N–H and O–H groups in total. The van der Waals surface area contributed by atoms with E-state index in [2.05, 4.69) is 5.32 Å². The van der Waals surface area contributed by atoms with Crippen LogP contribution in [0.25, 0.3) is 0 Å². The van der Waals surface area contributed by atoms with E-state index in [0.717, 1.165) is 0 Å². The van der Waals surface area contributed by atoms with Crippen LogP contribution in [0.2, 0.25) is 5.02 Å². The molecule has 0 saturated carbocycles. The van der Waals surface area contributed by atoms with E-state index in [9.17, 15) is 13.2 Å². The molecule has 1 atom stereocenters. The molecule has 1 aromatic carbocycles. The predicted molar refractivity (Wildman–Crippen MR) is 82.6 cm³/mol. The quantitative estimate of drug-likeness (QED) is 0.815. The molecule has 0 aliphatic rings. The van der Waals surface area contributed by atoms with Crippen molar-refractivity contribution in [1.29, 1.82) is 0 Å². The molecule has 1 amide bonds. The lowest BCUT2D eigenvalue weighted by Crippen LogP contribution is -2.32. The molecule has 20 heavy (non-hydrogen) atoms. The van der Waals surface area contributed by atoms with Crippen LogP contribution in [0.3, 0.4) is 0 Å². The Kier molecular flexibility index (Phi) is 5.42. The molecule has 0 bridgehead atoms. The summed E-state index contributed by atoms with van der Waals surface area (Å²) in [5, 5.41) is 2.20. The molecule has 0 fully saturated rings. The fourth-order valence-corrected chi connectivity index (χ4v) is 3.25. The number of sulfone groups is 1. The monoisotopic (exact) mass is 318 g/mol. The number of rotatable bonds is 5. The Morgan fingerprint density at radius 2 is 1.95 bits per heavy atom. The minimum absolute atomic E-state index is 0.0521. The zero-order valence-electron chi connectivity index (χ0n) is 11.7. The summed E-state index contributed by atoms with van der Waals surface area (Å²) in [6.45, 7) is 5.20. The van der Waals surface area contributed by atoms with Crippen LogP contribution in [-0.4, -0.2) is 25.3 Å². The van der Waals surface area contributed by atoms with Crippen LogP contribution in [0.15, 0.2) is 18.2 Å². The van der Waals surface area contributed by atoms with Gasteiger partial charge in [-0.2, -0.15) is 0 Å². The van der Waals surface area contributed by atoms with E-state index in [1.54, 1.807) is 26.8 Å². The third kappa shape index (κ3) is 4.38. The third-order valence-electron chi connectivity index (χ3n) is 3.10. The fourth-order valence-electron chi connectivity index (χ4n) is 1.55. The van der Waals surface area contributed by atoms with Crippen molar-refractivity contribution in [2.45, 2.75) is 26.0 Å². The number of halogens is 1. The highest BCUT2D eigenvalue weighted by molar-refractivity contribution is 7.92. The molecule has 0 aromatic heterocycles. The topological polar surface area (TPSA) is 89.3 Å². The average molecular weight is 319 g/mol. The largest absolute Gasteiger partial charge is 0.399 e. The number of carbonyl (C=O) groups is 1. The van der Waals surface area contributed by atoms with Gasteiger partial charge in [-0.3, -0.25) is 4.79 Å². The number of amides is 1. The summed E-state index contributed by atoms with van der Waals surface area (Å²) in [5.74, 6) is -1.24. The Hall–Kier alpha value is -1.27. The minimum Gasteiger partial charge on any atom is -0.399 e. The van der Waals surface area contributed by atoms with Gasteiger partial charge in [-0.05, 0) is 31.0 Å². The lowest BCUT2D eigenvalue weighted by atomic mass is 10.2. The maximum atomic E-state index is 12.0. The zero-order chi connectivity index (χ0) is 15.5. The Bertz CT molecular complexity index is 600. The molecule has 1 rings (SSSR count). The average Bonchev–Trinajstić information content (AvgIpc) is 2.32. The standard InChI is InChI=1S/C13H19ClN2O3S/c1-8(2)9(3)20(18,19)7-13(17)16-12-6-10(15)4-5-11(12)14/h4-6,8-9H,7,15H2,1-3H3,(H,16,17). The Labute approximate surface area is 124 Å². The highest BCUT2D eigenvalue weighted by Crippen LogP contribution is 2.24. The lowest BCUT2D eigenvalue weighted by molar-refractivity contribution is -0.113. The Morgan fingerprint density at radius 3 is 2.50 bits per heavy atom. The summed E-state index contributed by atoms with van der Waals surface area (Å²) in [5.41, 5.74) is 6.33. The molecule has 0 radical (unpaired) electrons. The highest BCUT2D eigenvalue weighted by atomic mass is 35.5. The van der Waals surface area contributed by atoms with Gasteiger partial charge in [-0.25, -0.2) is 8.42 Å². The molecule has 5 nitrogen and oxygen atoms in total. The van der Waals surface area contributed by atoms with Gasteiger partial charge in [0.05, 0.1) is 16.0 Å². The van der Waals surface area contributed by atoms with Crippen LogP contribution in [0, 0.1) is 5.92 Å². The molecule has 1 unspecified atom stereocenters. The van der Waals surface area contributed by atoms with Gasteiger partial charge in [0, 0.05) is 5.69 Å². The van der Waals surface area contributed by atoms with Crippen molar-refractivity contribution in [3.05, 3.63) is 23.2 Å². The van der Waals surface area contributed by atoms with E-state index < -0.39 is 26.7 Å². The van der Waals surface area contributed by atoms with E-state index >= 15 is 0 Å². The van der Waals surface area contributed by atoms with Crippen molar-refractivity contribution in [2.75, 3.05) is 16.8 Å². The maximum absolute atomic E-state index is 12.0. The molecule has 0 aliphatic carbocycles. The summed E-state index contributed by atoms with van der Waals surface area (Å²) in [4.78, 5) is 11.8. The van der Waals surface area contributed by atoms with Gasteiger partial charge >= 0.3 is 0 Å². The Morgan fingerprint density at radius 1 is 1.35 bits per heavy atom. The number of nitrogen functional groups attached to an aromatic ring is 1. The summed E-state index contributed by atoms with van der Waals surface area (Å²) in [6, 6.07) is 4.62. The zero-order valence-corrected chi connectivity index (χ0v) is 13.3. The van der Waals surface area contributed by atoms with Crippen LogP contribution >= 0.6 is 11.6 Å². The lowest BCUT2D eigenvalue weighted by Gasteiger charge is -2.16. The van der Waals surface area contributed by atoms with Crippen molar-refractivity contribution >= 4 is 38.7 Å². The molecular formula is C13H19ClN2O3S. The highest BCUT2D eigenvalue weighted by Gasteiger charge is 2.26. The molecule has 7 heteroatoms. The van der Waals surface area contributed by atoms with Crippen molar-refractivity contribution in [2.24, 2.45) is 5.92 Å². The Balaban J connectivity index is 2.81. The van der Waals surface area contributed by atoms with Crippen LogP contribution in [0.4, 0.5) is 11.4 Å². The number of benzene rings is 1. The molecule has 0 saturated heterocycles. The number of anilines is 2. The fraction of sp³-hybridized carbons (Fsp3) is 0.462. The molecule has 112 valence electrons. The van der Waals surface area contributed by atoms with E-state index in [1.807, 2.05) is 0 Å². The van der Waals surface area contributed by atoms with Crippen LogP contribution in [0.5, 0.6) is 0 Å². The van der Waals surface area contributed by atoms with Gasteiger partial charge < -0.3 is 11.1 Å². The van der Waals surface area contributed by atoms with Gasteiger partial charge in [0.15, 0.2) is 9.84 Å². The first-order valence-electron chi connectivity index (χ1n) is 6.20. The summed E-state index contributed by atoms with van der Waals surface area (Å²) in [6.07, 6.45) is 0.